The Bertz CT molecular complexity index is 1080. The highest BCUT2D eigenvalue weighted by Gasteiger charge is 2.35. The van der Waals surface area contributed by atoms with Gasteiger partial charge in [0.15, 0.2) is 9.84 Å². The van der Waals surface area contributed by atoms with Gasteiger partial charge in [-0.2, -0.15) is 13.2 Å². The van der Waals surface area contributed by atoms with Gasteiger partial charge in [-0.3, -0.25) is 0 Å². The van der Waals surface area contributed by atoms with Crippen LogP contribution in [0.5, 0.6) is 0 Å². The van der Waals surface area contributed by atoms with Crippen LogP contribution >= 0.6 is 0 Å². The Kier molecular flexibility index (Phi) is 4.81. The Morgan fingerprint density at radius 3 is 2.22 bits per heavy atom. The van der Waals surface area contributed by atoms with E-state index >= 15 is 0 Å². The zero-order valence-electron chi connectivity index (χ0n) is 14.4. The molecule has 9 heteroatoms. The SMILES string of the molecule is CC(Nc1nc(C(F)(F)F)nc2ccccc12)c1ccc(S(C)(=O)=O)cc1. The largest absolute Gasteiger partial charge is 0.451 e. The summed E-state index contributed by atoms with van der Waals surface area (Å²) in [6.45, 7) is 1.75. The molecular formula is C18H16F3N3O2S. The second-order valence-corrected chi connectivity index (χ2v) is 8.13. The van der Waals surface area contributed by atoms with Crippen LogP contribution in [-0.2, 0) is 16.0 Å². The van der Waals surface area contributed by atoms with Crippen molar-refractivity contribution in [3.05, 3.63) is 59.9 Å². The zero-order chi connectivity index (χ0) is 19.8. The third-order valence-corrected chi connectivity index (χ3v) is 5.15. The average Bonchev–Trinajstić information content (AvgIpc) is 2.60. The van der Waals surface area contributed by atoms with Crippen LogP contribution < -0.4 is 5.32 Å². The minimum atomic E-state index is -4.67. The van der Waals surface area contributed by atoms with E-state index < -0.39 is 27.9 Å². The van der Waals surface area contributed by atoms with E-state index in [1.807, 2.05) is 0 Å². The Hall–Kier alpha value is -2.68. The number of nitrogens with one attached hydrogen (secondary N) is 1. The lowest BCUT2D eigenvalue weighted by Gasteiger charge is -2.18. The highest BCUT2D eigenvalue weighted by atomic mass is 32.2. The van der Waals surface area contributed by atoms with Gasteiger partial charge in [0.05, 0.1) is 10.4 Å². The Balaban J connectivity index is 1.98. The lowest BCUT2D eigenvalue weighted by atomic mass is 10.1. The van der Waals surface area contributed by atoms with Gasteiger partial charge in [-0.15, -0.1) is 0 Å². The highest BCUT2D eigenvalue weighted by molar-refractivity contribution is 7.90. The van der Waals surface area contributed by atoms with Gasteiger partial charge in [-0.25, -0.2) is 18.4 Å². The lowest BCUT2D eigenvalue weighted by Crippen LogP contribution is -2.15. The molecule has 3 rings (SSSR count). The number of sulfone groups is 1. The molecule has 1 aromatic heterocycles. The summed E-state index contributed by atoms with van der Waals surface area (Å²) >= 11 is 0. The number of halogens is 3. The predicted octanol–water partition coefficient (Wildman–Crippen LogP) is 4.23. The number of nitrogens with zero attached hydrogens (tertiary/aromatic N) is 2. The predicted molar refractivity (Wildman–Crippen MR) is 96.1 cm³/mol. The van der Waals surface area contributed by atoms with Crippen LogP contribution in [0.2, 0.25) is 0 Å². The van der Waals surface area contributed by atoms with E-state index in [0.29, 0.717) is 10.9 Å². The summed E-state index contributed by atoms with van der Waals surface area (Å²) in [5.41, 5.74) is 0.889. The molecule has 1 atom stereocenters. The fourth-order valence-electron chi connectivity index (χ4n) is 2.61. The monoisotopic (exact) mass is 395 g/mol. The molecule has 0 saturated heterocycles. The molecular weight excluding hydrogens is 379 g/mol. The van der Waals surface area contributed by atoms with E-state index in [4.69, 9.17) is 0 Å². The number of aromatic nitrogens is 2. The first-order chi connectivity index (χ1) is 12.6. The fraction of sp³-hybridized carbons (Fsp3) is 0.222. The van der Waals surface area contributed by atoms with Gasteiger partial charge >= 0.3 is 6.18 Å². The van der Waals surface area contributed by atoms with Crippen molar-refractivity contribution in [3.8, 4) is 0 Å². The van der Waals surface area contributed by atoms with Gasteiger partial charge in [0.1, 0.15) is 5.82 Å². The Morgan fingerprint density at radius 1 is 1.00 bits per heavy atom. The summed E-state index contributed by atoms with van der Waals surface area (Å²) in [4.78, 5) is 7.41. The molecule has 2 aromatic carbocycles. The smallest absolute Gasteiger partial charge is 0.363 e. The number of alkyl halides is 3. The van der Waals surface area contributed by atoms with Gasteiger partial charge < -0.3 is 5.32 Å². The summed E-state index contributed by atoms with van der Waals surface area (Å²) in [6, 6.07) is 12.2. The van der Waals surface area contributed by atoms with Crippen molar-refractivity contribution in [3.63, 3.8) is 0 Å². The van der Waals surface area contributed by atoms with Crippen LogP contribution in [0.15, 0.2) is 53.4 Å². The highest BCUT2D eigenvalue weighted by Crippen LogP contribution is 2.31. The fourth-order valence-corrected chi connectivity index (χ4v) is 3.24. The Labute approximate surface area is 154 Å². The number of benzene rings is 2. The van der Waals surface area contributed by atoms with Crippen molar-refractivity contribution in [2.45, 2.75) is 24.0 Å². The van der Waals surface area contributed by atoms with Gasteiger partial charge in [0.2, 0.25) is 5.82 Å². The molecule has 0 aliphatic rings. The molecule has 0 aliphatic heterocycles. The first-order valence-electron chi connectivity index (χ1n) is 7.96. The second-order valence-electron chi connectivity index (χ2n) is 6.12. The van der Waals surface area contributed by atoms with Crippen molar-refractivity contribution in [2.24, 2.45) is 0 Å². The van der Waals surface area contributed by atoms with Crippen molar-refractivity contribution >= 4 is 26.6 Å². The number of rotatable bonds is 4. The molecule has 0 bridgehead atoms. The molecule has 0 amide bonds. The molecule has 0 spiro atoms. The molecule has 3 aromatic rings. The molecule has 142 valence electrons. The van der Waals surface area contributed by atoms with Crippen molar-refractivity contribution in [1.82, 2.24) is 9.97 Å². The molecule has 1 N–H and O–H groups in total. The molecule has 27 heavy (non-hydrogen) atoms. The van der Waals surface area contributed by atoms with Gasteiger partial charge in [0.25, 0.3) is 0 Å². The maximum absolute atomic E-state index is 13.1. The van der Waals surface area contributed by atoms with Gasteiger partial charge in [0, 0.05) is 17.7 Å². The summed E-state index contributed by atoms with van der Waals surface area (Å²) in [6.07, 6.45) is -3.56. The molecule has 1 heterocycles. The molecule has 0 saturated carbocycles. The first-order valence-corrected chi connectivity index (χ1v) is 9.85. The summed E-state index contributed by atoms with van der Waals surface area (Å²) in [5.74, 6) is -1.16. The number of fused-ring (bicyclic) bond motifs is 1. The van der Waals surface area contributed by atoms with E-state index in [2.05, 4.69) is 15.3 Å². The molecule has 0 fully saturated rings. The van der Waals surface area contributed by atoms with Crippen molar-refractivity contribution in [2.75, 3.05) is 11.6 Å². The normalized spacial score (nSPS) is 13.5. The standard InChI is InChI=1S/C18H16F3N3O2S/c1-11(12-7-9-13(10-8-12)27(2,25)26)22-16-14-5-3-4-6-15(14)23-17(24-16)18(19,20)21/h3-11H,1-2H3,(H,22,23,24). The van der Waals surface area contributed by atoms with Crippen LogP contribution in [0.3, 0.4) is 0 Å². The summed E-state index contributed by atoms with van der Waals surface area (Å²) in [7, 11) is -3.32. The van der Waals surface area contributed by atoms with Crippen molar-refractivity contribution in [1.29, 1.82) is 0 Å². The topological polar surface area (TPSA) is 72.0 Å². The summed E-state index contributed by atoms with van der Waals surface area (Å²) in [5, 5.41) is 3.43. The van der Waals surface area contributed by atoms with E-state index in [9.17, 15) is 21.6 Å². The minimum Gasteiger partial charge on any atom is -0.363 e. The van der Waals surface area contributed by atoms with Crippen LogP contribution in [0, 0.1) is 0 Å². The van der Waals surface area contributed by atoms with E-state index in [-0.39, 0.29) is 16.2 Å². The lowest BCUT2D eigenvalue weighted by molar-refractivity contribution is -0.144. The van der Waals surface area contributed by atoms with Crippen LogP contribution in [0.1, 0.15) is 24.4 Å². The minimum absolute atomic E-state index is 0.0626. The quantitative estimate of drug-likeness (QED) is 0.716. The number of hydrogen-bond donors (Lipinski definition) is 1. The zero-order valence-corrected chi connectivity index (χ0v) is 15.3. The maximum atomic E-state index is 13.1. The van der Waals surface area contributed by atoms with Crippen LogP contribution in [0.4, 0.5) is 19.0 Å². The summed E-state index contributed by atoms with van der Waals surface area (Å²) < 4.78 is 62.4. The van der Waals surface area contributed by atoms with E-state index in [1.165, 1.54) is 18.2 Å². The Morgan fingerprint density at radius 2 is 1.63 bits per heavy atom. The van der Waals surface area contributed by atoms with Crippen LogP contribution in [-0.4, -0.2) is 24.6 Å². The van der Waals surface area contributed by atoms with E-state index in [1.54, 1.807) is 37.3 Å². The maximum Gasteiger partial charge on any atom is 0.451 e. The number of anilines is 1. The molecule has 0 radical (unpaired) electrons. The van der Waals surface area contributed by atoms with Gasteiger partial charge in [-0.1, -0.05) is 24.3 Å². The number of hydrogen-bond acceptors (Lipinski definition) is 5. The average molecular weight is 395 g/mol. The second kappa shape index (κ2) is 6.80. The first kappa shape index (κ1) is 19.1. The van der Waals surface area contributed by atoms with Crippen molar-refractivity contribution < 1.29 is 21.6 Å². The molecule has 1 unspecified atom stereocenters. The van der Waals surface area contributed by atoms with Gasteiger partial charge in [-0.05, 0) is 36.8 Å². The number of para-hydroxylation sites is 1. The third-order valence-electron chi connectivity index (χ3n) is 4.02. The molecule has 5 nitrogen and oxygen atoms in total. The van der Waals surface area contributed by atoms with Crippen LogP contribution in [0.25, 0.3) is 10.9 Å². The third kappa shape index (κ3) is 4.19. The van der Waals surface area contributed by atoms with E-state index in [0.717, 1.165) is 6.26 Å². The molecule has 0 aliphatic carbocycles.